The van der Waals surface area contributed by atoms with Crippen LogP contribution in [-0.2, 0) is 17.3 Å². The highest BCUT2D eigenvalue weighted by Crippen LogP contribution is 2.31. The number of aryl methyl sites for hydroxylation is 1. The molecule has 0 saturated carbocycles. The lowest BCUT2D eigenvalue weighted by molar-refractivity contribution is -0.137. The van der Waals surface area contributed by atoms with E-state index >= 15 is 0 Å². The molecule has 36 heavy (non-hydrogen) atoms. The number of alkyl halides is 3. The van der Waals surface area contributed by atoms with Gasteiger partial charge in [-0.05, 0) is 43.7 Å². The lowest BCUT2D eigenvalue weighted by atomic mass is 10.1. The third-order valence-corrected chi connectivity index (χ3v) is 5.43. The van der Waals surface area contributed by atoms with Crippen molar-refractivity contribution in [2.75, 3.05) is 35.3 Å². The van der Waals surface area contributed by atoms with Gasteiger partial charge in [0.1, 0.15) is 0 Å². The van der Waals surface area contributed by atoms with Gasteiger partial charge < -0.3 is 15.0 Å². The predicted octanol–water partition coefficient (Wildman–Crippen LogP) is 5.01. The molecule has 190 valence electrons. The molecule has 0 amide bonds. The Morgan fingerprint density at radius 1 is 1.22 bits per heavy atom. The van der Waals surface area contributed by atoms with Crippen molar-refractivity contribution >= 4 is 29.4 Å². The molecule has 2 N–H and O–H groups in total. The number of rotatable bonds is 7. The molecule has 2 aromatic heterocycles. The van der Waals surface area contributed by atoms with Crippen LogP contribution in [0, 0.1) is 5.82 Å². The SMILES string of the molecule is CCc1nc(/C=N/Nc2ncc(F)c(N3CCOC(C)C3)n2)ccc1Nc1cccc(C(F)(F)F)c1. The van der Waals surface area contributed by atoms with Gasteiger partial charge in [0.15, 0.2) is 11.6 Å². The van der Waals surface area contributed by atoms with Crippen molar-refractivity contribution in [2.45, 2.75) is 32.5 Å². The standard InChI is InChI=1S/C24H25F4N7O/c1-3-20-21(31-17-6-4-5-16(11-17)24(26,27)28)8-7-18(32-20)12-30-34-23-29-13-19(25)22(33-23)35-9-10-36-15(2)14-35/h4-8,11-13,15,31H,3,9-10,14H2,1-2H3,(H,29,33,34)/b30-12+. The third-order valence-electron chi connectivity index (χ3n) is 5.43. The number of benzene rings is 1. The van der Waals surface area contributed by atoms with Crippen molar-refractivity contribution in [1.82, 2.24) is 15.0 Å². The van der Waals surface area contributed by atoms with E-state index in [1.807, 2.05) is 13.8 Å². The van der Waals surface area contributed by atoms with E-state index in [2.05, 4.69) is 30.8 Å². The first kappa shape index (κ1) is 25.3. The first-order valence-corrected chi connectivity index (χ1v) is 11.4. The molecular weight excluding hydrogens is 478 g/mol. The van der Waals surface area contributed by atoms with Gasteiger partial charge in [0.05, 0.1) is 47.8 Å². The molecule has 1 aliphatic rings. The molecule has 3 heterocycles. The molecule has 8 nitrogen and oxygen atoms in total. The Morgan fingerprint density at radius 3 is 2.81 bits per heavy atom. The Morgan fingerprint density at radius 2 is 2.06 bits per heavy atom. The average Bonchev–Trinajstić information content (AvgIpc) is 2.85. The summed E-state index contributed by atoms with van der Waals surface area (Å²) in [7, 11) is 0. The van der Waals surface area contributed by atoms with E-state index in [0.29, 0.717) is 48.9 Å². The van der Waals surface area contributed by atoms with Crippen LogP contribution in [-0.4, -0.2) is 47.0 Å². The quantitative estimate of drug-likeness (QED) is 0.266. The summed E-state index contributed by atoms with van der Waals surface area (Å²) in [5, 5.41) is 7.10. The second-order valence-electron chi connectivity index (χ2n) is 8.15. The summed E-state index contributed by atoms with van der Waals surface area (Å²) in [6.45, 7) is 5.31. The largest absolute Gasteiger partial charge is 0.416 e. The molecule has 12 heteroatoms. The zero-order valence-corrected chi connectivity index (χ0v) is 19.7. The number of hydrogen-bond acceptors (Lipinski definition) is 8. The molecule has 1 aliphatic heterocycles. The second kappa shape index (κ2) is 10.9. The van der Waals surface area contributed by atoms with E-state index in [9.17, 15) is 17.6 Å². The van der Waals surface area contributed by atoms with Crippen molar-refractivity contribution < 1.29 is 22.3 Å². The Hall–Kier alpha value is -3.80. The van der Waals surface area contributed by atoms with E-state index in [0.717, 1.165) is 18.3 Å². The fraction of sp³-hybridized carbons (Fsp3) is 0.333. The average molecular weight is 504 g/mol. The summed E-state index contributed by atoms with van der Waals surface area (Å²) in [6, 6.07) is 8.37. The summed E-state index contributed by atoms with van der Waals surface area (Å²) in [4.78, 5) is 14.5. The van der Waals surface area contributed by atoms with Crippen LogP contribution in [0.25, 0.3) is 0 Å². The molecular formula is C24H25F4N7O. The highest BCUT2D eigenvalue weighted by atomic mass is 19.4. The maximum Gasteiger partial charge on any atom is 0.416 e. The zero-order valence-electron chi connectivity index (χ0n) is 19.7. The monoisotopic (exact) mass is 503 g/mol. The second-order valence-corrected chi connectivity index (χ2v) is 8.15. The Kier molecular flexibility index (Phi) is 7.63. The Labute approximate surface area is 205 Å². The minimum atomic E-state index is -4.42. The van der Waals surface area contributed by atoms with Crippen LogP contribution in [0.4, 0.5) is 40.7 Å². The van der Waals surface area contributed by atoms with E-state index in [1.165, 1.54) is 12.3 Å². The number of ether oxygens (including phenoxy) is 1. The van der Waals surface area contributed by atoms with Crippen LogP contribution in [0.3, 0.4) is 0 Å². The van der Waals surface area contributed by atoms with Gasteiger partial charge in [-0.15, -0.1) is 0 Å². The predicted molar refractivity (Wildman–Crippen MR) is 129 cm³/mol. The molecule has 1 unspecified atom stereocenters. The number of nitrogens with one attached hydrogen (secondary N) is 2. The van der Waals surface area contributed by atoms with Crippen LogP contribution in [0.15, 0.2) is 47.7 Å². The number of hydrogen-bond donors (Lipinski definition) is 2. The number of morpholine rings is 1. The van der Waals surface area contributed by atoms with Crippen LogP contribution in [0.2, 0.25) is 0 Å². The lowest BCUT2D eigenvalue weighted by Crippen LogP contribution is -2.42. The van der Waals surface area contributed by atoms with Gasteiger partial charge >= 0.3 is 6.18 Å². The summed E-state index contributed by atoms with van der Waals surface area (Å²) in [5.74, 6) is -0.230. The Bertz CT molecular complexity index is 1240. The number of hydrazone groups is 1. The maximum absolute atomic E-state index is 14.3. The number of halogens is 4. The van der Waals surface area contributed by atoms with E-state index < -0.39 is 17.6 Å². The summed E-state index contributed by atoms with van der Waals surface area (Å²) >= 11 is 0. The van der Waals surface area contributed by atoms with Crippen molar-refractivity contribution in [3.05, 3.63) is 65.4 Å². The molecule has 0 radical (unpaired) electrons. The van der Waals surface area contributed by atoms with Gasteiger partial charge in [-0.1, -0.05) is 13.0 Å². The smallest absolute Gasteiger partial charge is 0.375 e. The van der Waals surface area contributed by atoms with Crippen LogP contribution in [0.1, 0.15) is 30.8 Å². The highest BCUT2D eigenvalue weighted by molar-refractivity contribution is 5.79. The van der Waals surface area contributed by atoms with Crippen LogP contribution in [0.5, 0.6) is 0 Å². The molecule has 1 atom stereocenters. The van der Waals surface area contributed by atoms with E-state index in [1.54, 1.807) is 23.1 Å². The molecule has 0 spiro atoms. The van der Waals surface area contributed by atoms with E-state index in [-0.39, 0.29) is 17.9 Å². The number of anilines is 4. The summed E-state index contributed by atoms with van der Waals surface area (Å²) in [6.07, 6.45) is -1.38. The lowest BCUT2D eigenvalue weighted by Gasteiger charge is -2.32. The molecule has 0 bridgehead atoms. The molecule has 1 saturated heterocycles. The fourth-order valence-electron chi connectivity index (χ4n) is 3.70. The number of pyridine rings is 1. The molecule has 1 aromatic carbocycles. The van der Waals surface area contributed by atoms with Crippen molar-refractivity contribution in [3.63, 3.8) is 0 Å². The molecule has 1 fully saturated rings. The van der Waals surface area contributed by atoms with Crippen molar-refractivity contribution in [1.29, 1.82) is 0 Å². The van der Waals surface area contributed by atoms with Crippen molar-refractivity contribution in [2.24, 2.45) is 5.10 Å². The van der Waals surface area contributed by atoms with E-state index in [4.69, 9.17) is 4.74 Å². The molecule has 4 rings (SSSR count). The fourth-order valence-corrected chi connectivity index (χ4v) is 3.70. The maximum atomic E-state index is 14.3. The van der Waals surface area contributed by atoms with Gasteiger partial charge in [0, 0.05) is 18.8 Å². The molecule has 0 aliphatic carbocycles. The summed E-state index contributed by atoms with van der Waals surface area (Å²) in [5.41, 5.74) is 4.01. The van der Waals surface area contributed by atoms with Gasteiger partial charge in [-0.25, -0.2) is 19.8 Å². The normalized spacial score (nSPS) is 16.4. The van der Waals surface area contributed by atoms with Crippen LogP contribution < -0.4 is 15.6 Å². The third kappa shape index (κ3) is 6.25. The summed E-state index contributed by atoms with van der Waals surface area (Å²) < 4.78 is 58.8. The van der Waals surface area contributed by atoms with Gasteiger partial charge in [0.2, 0.25) is 5.95 Å². The van der Waals surface area contributed by atoms with Gasteiger partial charge in [-0.3, -0.25) is 0 Å². The van der Waals surface area contributed by atoms with Crippen LogP contribution >= 0.6 is 0 Å². The number of nitrogens with zero attached hydrogens (tertiary/aromatic N) is 5. The minimum Gasteiger partial charge on any atom is -0.375 e. The Balaban J connectivity index is 1.45. The van der Waals surface area contributed by atoms with Gasteiger partial charge in [-0.2, -0.15) is 23.3 Å². The topological polar surface area (TPSA) is 87.6 Å². The molecule has 3 aromatic rings. The highest BCUT2D eigenvalue weighted by Gasteiger charge is 2.30. The minimum absolute atomic E-state index is 0.0348. The number of aromatic nitrogens is 3. The van der Waals surface area contributed by atoms with Crippen molar-refractivity contribution in [3.8, 4) is 0 Å². The zero-order chi connectivity index (χ0) is 25.7. The first-order chi connectivity index (χ1) is 17.2. The first-order valence-electron chi connectivity index (χ1n) is 11.4. The van der Waals surface area contributed by atoms with Gasteiger partial charge in [0.25, 0.3) is 0 Å².